The molecule has 0 unspecified atom stereocenters. The van der Waals surface area contributed by atoms with Crippen molar-refractivity contribution in [1.82, 2.24) is 9.80 Å². The fraction of sp³-hybridized carbons (Fsp3) is 1.00. The third kappa shape index (κ3) is 10.3. The highest BCUT2D eigenvalue weighted by Crippen LogP contribution is 2.09. The molecule has 0 aliphatic carbocycles. The van der Waals surface area contributed by atoms with Gasteiger partial charge in [0.2, 0.25) is 0 Å². The van der Waals surface area contributed by atoms with Crippen LogP contribution in [0.3, 0.4) is 0 Å². The fourth-order valence-corrected chi connectivity index (χ4v) is 3.19. The van der Waals surface area contributed by atoms with Gasteiger partial charge < -0.3 is 15.5 Å². The Morgan fingerprint density at radius 3 is 1.52 bits per heavy atom. The lowest BCUT2D eigenvalue weighted by Crippen LogP contribution is -2.46. The number of piperazine rings is 1. The summed E-state index contributed by atoms with van der Waals surface area (Å²) >= 11 is 0. The van der Waals surface area contributed by atoms with Crippen molar-refractivity contribution >= 4 is 0 Å². The first kappa shape index (κ1) is 18.9. The monoisotopic (exact) mass is 297 g/mol. The van der Waals surface area contributed by atoms with Gasteiger partial charge in [-0.25, -0.2) is 0 Å². The van der Waals surface area contributed by atoms with E-state index in [9.17, 15) is 0 Å². The summed E-state index contributed by atoms with van der Waals surface area (Å²) in [5.41, 5.74) is 5.54. The van der Waals surface area contributed by atoms with Gasteiger partial charge in [0.05, 0.1) is 0 Å². The Balaban J connectivity index is 1.89. The third-order valence-electron chi connectivity index (χ3n) is 4.72. The molecule has 0 aromatic carbocycles. The van der Waals surface area contributed by atoms with E-state index in [0.717, 1.165) is 6.54 Å². The van der Waals surface area contributed by atoms with Crippen LogP contribution in [0.2, 0.25) is 0 Å². The molecule has 1 aliphatic rings. The summed E-state index contributed by atoms with van der Waals surface area (Å²) in [5, 5.41) is 0. The quantitative estimate of drug-likeness (QED) is 0.528. The highest BCUT2D eigenvalue weighted by Gasteiger charge is 2.15. The number of nitrogens with two attached hydrogens (primary N) is 1. The molecule has 3 nitrogen and oxygen atoms in total. The lowest BCUT2D eigenvalue weighted by molar-refractivity contribution is 0.129. The number of unbranched alkanes of at least 4 members (excludes halogenated alkanes) is 8. The number of rotatable bonds is 13. The summed E-state index contributed by atoms with van der Waals surface area (Å²) in [7, 11) is 0. The fourth-order valence-electron chi connectivity index (χ4n) is 3.19. The normalized spacial score (nSPS) is 17.4. The molecule has 0 bridgehead atoms. The van der Waals surface area contributed by atoms with Crippen molar-refractivity contribution in [3.05, 3.63) is 0 Å². The maximum absolute atomic E-state index is 5.54. The first-order valence-electron chi connectivity index (χ1n) is 9.51. The van der Waals surface area contributed by atoms with Crippen molar-refractivity contribution in [2.45, 2.75) is 71.1 Å². The minimum absolute atomic E-state index is 0.853. The summed E-state index contributed by atoms with van der Waals surface area (Å²) in [6.07, 6.45) is 13.8. The molecule has 0 atom stereocenters. The van der Waals surface area contributed by atoms with Crippen molar-refractivity contribution in [3.8, 4) is 0 Å². The minimum Gasteiger partial charge on any atom is -0.330 e. The van der Waals surface area contributed by atoms with E-state index >= 15 is 0 Å². The zero-order valence-electron chi connectivity index (χ0n) is 14.5. The van der Waals surface area contributed by atoms with Crippen LogP contribution in [0.5, 0.6) is 0 Å². The Kier molecular flexibility index (Phi) is 12.2. The molecule has 21 heavy (non-hydrogen) atoms. The smallest absolute Gasteiger partial charge is 0.0110 e. The van der Waals surface area contributed by atoms with E-state index in [2.05, 4.69) is 16.7 Å². The molecule has 0 saturated carbocycles. The molecule has 1 saturated heterocycles. The molecule has 1 heterocycles. The Hall–Kier alpha value is -0.120. The van der Waals surface area contributed by atoms with Crippen LogP contribution in [0.4, 0.5) is 0 Å². The Morgan fingerprint density at radius 1 is 0.619 bits per heavy atom. The number of nitrogens with zero attached hydrogens (tertiary/aromatic N) is 2. The van der Waals surface area contributed by atoms with Gasteiger partial charge in [-0.3, -0.25) is 0 Å². The average Bonchev–Trinajstić information content (AvgIpc) is 2.52. The minimum atomic E-state index is 0.853. The van der Waals surface area contributed by atoms with E-state index in [1.807, 2.05) is 0 Å². The lowest BCUT2D eigenvalue weighted by Gasteiger charge is -2.34. The Bertz CT molecular complexity index is 210. The van der Waals surface area contributed by atoms with Crippen LogP contribution in [-0.2, 0) is 0 Å². The van der Waals surface area contributed by atoms with Crippen LogP contribution < -0.4 is 5.73 Å². The maximum Gasteiger partial charge on any atom is 0.0110 e. The Morgan fingerprint density at radius 2 is 1.05 bits per heavy atom. The van der Waals surface area contributed by atoms with Crippen LogP contribution >= 0.6 is 0 Å². The second kappa shape index (κ2) is 13.5. The van der Waals surface area contributed by atoms with Gasteiger partial charge >= 0.3 is 0 Å². The molecule has 0 aromatic heterocycles. The number of hydrogen-bond acceptors (Lipinski definition) is 3. The lowest BCUT2D eigenvalue weighted by atomic mass is 10.1. The average molecular weight is 298 g/mol. The SMILES string of the molecule is CCCCCCCCCN1CCN(CCCCCN)CC1. The van der Waals surface area contributed by atoms with Gasteiger partial charge in [0.25, 0.3) is 0 Å². The van der Waals surface area contributed by atoms with Crippen molar-refractivity contribution in [3.63, 3.8) is 0 Å². The van der Waals surface area contributed by atoms with Crippen LogP contribution in [0.25, 0.3) is 0 Å². The van der Waals surface area contributed by atoms with E-state index in [-0.39, 0.29) is 0 Å². The second-order valence-corrected chi connectivity index (χ2v) is 6.65. The first-order valence-corrected chi connectivity index (χ1v) is 9.51. The molecule has 0 amide bonds. The third-order valence-corrected chi connectivity index (χ3v) is 4.72. The predicted molar refractivity (Wildman–Crippen MR) is 93.8 cm³/mol. The summed E-state index contributed by atoms with van der Waals surface area (Å²) < 4.78 is 0. The largest absolute Gasteiger partial charge is 0.330 e. The van der Waals surface area contributed by atoms with E-state index in [1.54, 1.807) is 0 Å². The van der Waals surface area contributed by atoms with Crippen molar-refractivity contribution in [2.75, 3.05) is 45.8 Å². The van der Waals surface area contributed by atoms with E-state index in [4.69, 9.17) is 5.73 Å². The van der Waals surface area contributed by atoms with Gasteiger partial charge in [-0.1, -0.05) is 51.9 Å². The molecule has 3 heteroatoms. The van der Waals surface area contributed by atoms with Gasteiger partial charge in [0.15, 0.2) is 0 Å². The summed E-state index contributed by atoms with van der Waals surface area (Å²) in [6, 6.07) is 0. The molecule has 2 N–H and O–H groups in total. The summed E-state index contributed by atoms with van der Waals surface area (Å²) in [5.74, 6) is 0. The highest BCUT2D eigenvalue weighted by atomic mass is 15.3. The molecule has 0 radical (unpaired) electrons. The van der Waals surface area contributed by atoms with E-state index < -0.39 is 0 Å². The summed E-state index contributed by atoms with van der Waals surface area (Å²) in [6.45, 7) is 10.9. The van der Waals surface area contributed by atoms with Crippen LogP contribution in [0, 0.1) is 0 Å². The van der Waals surface area contributed by atoms with Gasteiger partial charge in [0.1, 0.15) is 0 Å². The molecule has 0 aromatic rings. The van der Waals surface area contributed by atoms with Crippen LogP contribution in [0.15, 0.2) is 0 Å². The molecular formula is C18H39N3. The molecular weight excluding hydrogens is 258 g/mol. The summed E-state index contributed by atoms with van der Waals surface area (Å²) in [4.78, 5) is 5.31. The van der Waals surface area contributed by atoms with Crippen LogP contribution in [0.1, 0.15) is 71.1 Å². The zero-order chi connectivity index (χ0) is 15.2. The van der Waals surface area contributed by atoms with Crippen molar-refractivity contribution in [1.29, 1.82) is 0 Å². The van der Waals surface area contributed by atoms with Gasteiger partial charge in [-0.2, -0.15) is 0 Å². The van der Waals surface area contributed by atoms with Crippen molar-refractivity contribution < 1.29 is 0 Å². The number of hydrogen-bond donors (Lipinski definition) is 1. The molecule has 126 valence electrons. The van der Waals surface area contributed by atoms with Crippen molar-refractivity contribution in [2.24, 2.45) is 5.73 Å². The highest BCUT2D eigenvalue weighted by molar-refractivity contribution is 4.71. The second-order valence-electron chi connectivity index (χ2n) is 6.65. The molecule has 1 fully saturated rings. The molecule has 1 aliphatic heterocycles. The first-order chi connectivity index (χ1) is 10.4. The molecule has 0 spiro atoms. The van der Waals surface area contributed by atoms with Gasteiger partial charge in [-0.15, -0.1) is 0 Å². The van der Waals surface area contributed by atoms with E-state index in [0.29, 0.717) is 0 Å². The Labute approximate surface area is 133 Å². The molecule has 1 rings (SSSR count). The topological polar surface area (TPSA) is 32.5 Å². The maximum atomic E-state index is 5.54. The van der Waals surface area contributed by atoms with E-state index in [1.165, 1.54) is 103 Å². The standard InChI is InChI=1S/C18H39N3/c1-2-3-4-5-6-7-10-13-20-15-17-21(18-16-20)14-11-8-9-12-19/h2-19H2,1H3. The van der Waals surface area contributed by atoms with Gasteiger partial charge in [0, 0.05) is 26.2 Å². The van der Waals surface area contributed by atoms with Gasteiger partial charge in [-0.05, 0) is 38.9 Å². The zero-order valence-corrected chi connectivity index (χ0v) is 14.5. The van der Waals surface area contributed by atoms with Crippen LogP contribution in [-0.4, -0.2) is 55.6 Å². The predicted octanol–water partition coefficient (Wildman–Crippen LogP) is 3.48.